The fourth-order valence-corrected chi connectivity index (χ4v) is 8.28. The number of carbonyl (C=O) groups is 2. The standard InChI is InChI=1S/C33H35F3N6O6S/c1-22-17-29(42(39-22)24-11-15-40(16-12-24)48-31(44)47-20-23-7-3-2-4-8-23)41-19-25(18-27(41)30(43)38-32(21-37)13-14-32)49(45,46)28-10-6-5-9-26(28)33(34,35)36/h2-10,17,24-25,27H,11-16,18-20H2,1H3,(H,38,43)/t25-,27+/m1/s1. The van der Waals surface area contributed by atoms with Crippen LogP contribution in [0.25, 0.3) is 0 Å². The van der Waals surface area contributed by atoms with Crippen LogP contribution in [0.3, 0.4) is 0 Å². The topological polar surface area (TPSA) is 147 Å². The first-order valence-corrected chi connectivity index (χ1v) is 17.4. The van der Waals surface area contributed by atoms with Crippen LogP contribution in [0, 0.1) is 18.3 Å². The van der Waals surface area contributed by atoms with Crippen molar-refractivity contribution in [3.05, 3.63) is 77.5 Å². The summed E-state index contributed by atoms with van der Waals surface area (Å²) in [4.78, 5) is 32.1. The summed E-state index contributed by atoms with van der Waals surface area (Å²) in [5.74, 6) is -0.147. The minimum Gasteiger partial charge on any atom is -0.428 e. The summed E-state index contributed by atoms with van der Waals surface area (Å²) in [5.41, 5.74) is -0.919. The van der Waals surface area contributed by atoms with E-state index >= 15 is 0 Å². The lowest BCUT2D eigenvalue weighted by Gasteiger charge is -2.33. The second-order valence-electron chi connectivity index (χ2n) is 12.6. The number of aryl methyl sites for hydroxylation is 1. The number of anilines is 1. The van der Waals surface area contributed by atoms with Gasteiger partial charge in [0.15, 0.2) is 9.84 Å². The predicted molar refractivity (Wildman–Crippen MR) is 168 cm³/mol. The summed E-state index contributed by atoms with van der Waals surface area (Å²) in [6, 6.07) is 15.7. The minimum atomic E-state index is -4.91. The lowest BCUT2D eigenvalue weighted by atomic mass is 10.1. The van der Waals surface area contributed by atoms with Crippen LogP contribution in [0.5, 0.6) is 0 Å². The Balaban J connectivity index is 1.21. The van der Waals surface area contributed by atoms with E-state index in [0.29, 0.717) is 50.3 Å². The maximum absolute atomic E-state index is 13.9. The quantitative estimate of drug-likeness (QED) is 0.312. The molecule has 16 heteroatoms. The van der Waals surface area contributed by atoms with E-state index in [1.807, 2.05) is 30.3 Å². The summed E-state index contributed by atoms with van der Waals surface area (Å²) in [6.45, 7) is 2.21. The molecule has 260 valence electrons. The van der Waals surface area contributed by atoms with Gasteiger partial charge >= 0.3 is 12.3 Å². The van der Waals surface area contributed by atoms with Gasteiger partial charge < -0.3 is 19.8 Å². The van der Waals surface area contributed by atoms with E-state index in [0.717, 1.165) is 23.8 Å². The molecule has 0 radical (unpaired) electrons. The molecule has 3 aromatic rings. The van der Waals surface area contributed by atoms with Crippen molar-refractivity contribution in [3.63, 3.8) is 0 Å². The van der Waals surface area contributed by atoms with Crippen LogP contribution in [0.1, 0.15) is 55.0 Å². The predicted octanol–water partition coefficient (Wildman–Crippen LogP) is 4.71. The van der Waals surface area contributed by atoms with Crippen LogP contribution < -0.4 is 10.2 Å². The second-order valence-corrected chi connectivity index (χ2v) is 14.8. The number of nitrogens with one attached hydrogen (secondary N) is 1. The number of alkyl halides is 3. The molecule has 3 fully saturated rings. The van der Waals surface area contributed by atoms with Crippen LogP contribution in [0.4, 0.5) is 23.8 Å². The minimum absolute atomic E-state index is 0.0602. The summed E-state index contributed by atoms with van der Waals surface area (Å²) >= 11 is 0. The van der Waals surface area contributed by atoms with E-state index in [9.17, 15) is 36.4 Å². The molecule has 2 aromatic carbocycles. The summed E-state index contributed by atoms with van der Waals surface area (Å²) in [5, 5.41) is 17.1. The molecule has 3 aliphatic rings. The molecule has 1 N–H and O–H groups in total. The second kappa shape index (κ2) is 13.4. The molecule has 2 atom stereocenters. The van der Waals surface area contributed by atoms with Gasteiger partial charge in [0.05, 0.1) is 33.5 Å². The number of ether oxygens (including phenoxy) is 1. The number of hydrogen-bond donors (Lipinski definition) is 1. The van der Waals surface area contributed by atoms with Gasteiger partial charge in [-0.15, -0.1) is 5.06 Å². The Bertz CT molecular complexity index is 1850. The molecule has 2 saturated heterocycles. The Morgan fingerprint density at radius 2 is 1.76 bits per heavy atom. The maximum atomic E-state index is 13.9. The fourth-order valence-electron chi connectivity index (χ4n) is 6.37. The smallest absolute Gasteiger partial charge is 0.428 e. The van der Waals surface area contributed by atoms with Crippen molar-refractivity contribution in [1.82, 2.24) is 20.2 Å². The van der Waals surface area contributed by atoms with Crippen molar-refractivity contribution in [2.45, 2.75) is 79.6 Å². The Kier molecular flexibility index (Phi) is 9.34. The Hall–Kier alpha value is -4.62. The van der Waals surface area contributed by atoms with Crippen LogP contribution in [-0.4, -0.2) is 71.8 Å². The number of hydrogen-bond acceptors (Lipinski definition) is 10. The highest BCUT2D eigenvalue weighted by Gasteiger charge is 2.51. The summed E-state index contributed by atoms with van der Waals surface area (Å²) in [6.07, 6.45) is -4.19. The number of rotatable bonds is 9. The first-order valence-electron chi connectivity index (χ1n) is 15.9. The number of benzene rings is 2. The van der Waals surface area contributed by atoms with Crippen molar-refractivity contribution in [1.29, 1.82) is 5.26 Å². The van der Waals surface area contributed by atoms with Crippen LogP contribution in [0.15, 0.2) is 65.6 Å². The Labute approximate surface area is 281 Å². The molecule has 12 nitrogen and oxygen atoms in total. The molecular formula is C33H35F3N6O6S. The zero-order chi connectivity index (χ0) is 35.0. The van der Waals surface area contributed by atoms with E-state index in [1.54, 1.807) is 22.6 Å². The number of sulfone groups is 1. The van der Waals surface area contributed by atoms with E-state index in [-0.39, 0.29) is 25.6 Å². The van der Waals surface area contributed by atoms with Gasteiger partial charge in [-0.1, -0.05) is 42.5 Å². The summed E-state index contributed by atoms with van der Waals surface area (Å²) < 4.78 is 76.3. The van der Waals surface area contributed by atoms with E-state index in [1.165, 1.54) is 11.1 Å². The van der Waals surface area contributed by atoms with Gasteiger partial charge in [-0.25, -0.2) is 17.9 Å². The van der Waals surface area contributed by atoms with Gasteiger partial charge in [-0.2, -0.15) is 23.5 Å². The zero-order valence-electron chi connectivity index (χ0n) is 26.6. The highest BCUT2D eigenvalue weighted by molar-refractivity contribution is 7.92. The third-order valence-corrected chi connectivity index (χ3v) is 11.3. The molecule has 2 aliphatic heterocycles. The molecular weight excluding hydrogens is 665 g/mol. The lowest BCUT2D eigenvalue weighted by Crippen LogP contribution is -2.48. The van der Waals surface area contributed by atoms with Gasteiger partial charge in [0.2, 0.25) is 5.91 Å². The van der Waals surface area contributed by atoms with Crippen LogP contribution in [0.2, 0.25) is 0 Å². The van der Waals surface area contributed by atoms with E-state index in [2.05, 4.69) is 16.5 Å². The molecule has 1 aromatic heterocycles. The number of amides is 1. The average molecular weight is 701 g/mol. The Morgan fingerprint density at radius 3 is 2.41 bits per heavy atom. The number of nitrogens with zero attached hydrogens (tertiary/aromatic N) is 5. The van der Waals surface area contributed by atoms with Crippen LogP contribution in [-0.2, 0) is 37.0 Å². The van der Waals surface area contributed by atoms with Crippen molar-refractivity contribution in [2.75, 3.05) is 24.5 Å². The Morgan fingerprint density at radius 1 is 1.08 bits per heavy atom. The number of hydroxylamine groups is 2. The number of piperidine rings is 1. The van der Waals surface area contributed by atoms with E-state index < -0.39 is 55.4 Å². The van der Waals surface area contributed by atoms with Gasteiger partial charge in [0.1, 0.15) is 24.0 Å². The third kappa shape index (κ3) is 7.37. The number of halogens is 3. The first-order chi connectivity index (χ1) is 23.3. The van der Waals surface area contributed by atoms with Gasteiger partial charge in [0, 0.05) is 25.7 Å². The number of aromatic nitrogens is 2. The molecule has 1 aliphatic carbocycles. The lowest BCUT2D eigenvalue weighted by molar-refractivity contribution is -0.143. The van der Waals surface area contributed by atoms with Gasteiger partial charge in [-0.05, 0) is 56.7 Å². The molecule has 1 saturated carbocycles. The molecule has 0 spiro atoms. The van der Waals surface area contributed by atoms with Crippen molar-refractivity contribution >= 4 is 27.7 Å². The molecule has 1 amide bonds. The highest BCUT2D eigenvalue weighted by atomic mass is 32.2. The monoisotopic (exact) mass is 700 g/mol. The van der Waals surface area contributed by atoms with Gasteiger partial charge in [-0.3, -0.25) is 4.79 Å². The van der Waals surface area contributed by atoms with Gasteiger partial charge in [0.25, 0.3) is 0 Å². The van der Waals surface area contributed by atoms with E-state index in [4.69, 9.17) is 9.57 Å². The molecule has 3 heterocycles. The van der Waals surface area contributed by atoms with Crippen LogP contribution >= 0.6 is 0 Å². The van der Waals surface area contributed by atoms with Crippen molar-refractivity contribution in [2.24, 2.45) is 0 Å². The number of carbonyl (C=O) groups excluding carboxylic acids is 2. The highest BCUT2D eigenvalue weighted by Crippen LogP contribution is 2.41. The third-order valence-electron chi connectivity index (χ3n) is 9.13. The average Bonchev–Trinajstić information content (AvgIpc) is 3.51. The number of nitriles is 1. The first kappa shape index (κ1) is 34.3. The fraction of sp³-hybridized carbons (Fsp3) is 0.455. The SMILES string of the molecule is Cc1cc(N2C[C@H](S(=O)(=O)c3ccccc3C(F)(F)F)C[C@H]2C(=O)NC2(C#N)CC2)n(C2CCN(OC(=O)OCc3ccccc3)CC2)n1. The van der Waals surface area contributed by atoms with Crippen molar-refractivity contribution < 1.29 is 40.8 Å². The molecule has 6 rings (SSSR count). The maximum Gasteiger partial charge on any atom is 0.528 e. The van der Waals surface area contributed by atoms with Crippen molar-refractivity contribution in [3.8, 4) is 6.07 Å². The molecule has 49 heavy (non-hydrogen) atoms. The zero-order valence-corrected chi connectivity index (χ0v) is 27.4. The summed E-state index contributed by atoms with van der Waals surface area (Å²) in [7, 11) is -4.57. The normalized spacial score (nSPS) is 21.2. The molecule has 0 bridgehead atoms. The molecule has 0 unspecified atom stereocenters. The largest absolute Gasteiger partial charge is 0.528 e.